The summed E-state index contributed by atoms with van der Waals surface area (Å²) in [6.45, 7) is 4.19. The summed E-state index contributed by atoms with van der Waals surface area (Å²) in [7, 11) is -3.46. The van der Waals surface area contributed by atoms with Gasteiger partial charge in [0.2, 0.25) is 5.91 Å². The molecule has 8 heteroatoms. The van der Waals surface area contributed by atoms with Crippen molar-refractivity contribution in [3.8, 4) is 0 Å². The van der Waals surface area contributed by atoms with Crippen molar-refractivity contribution in [1.29, 1.82) is 0 Å². The zero-order valence-electron chi connectivity index (χ0n) is 11.7. The van der Waals surface area contributed by atoms with Crippen molar-refractivity contribution < 1.29 is 27.9 Å². The summed E-state index contributed by atoms with van der Waals surface area (Å²) in [5, 5.41) is 8.81. The van der Waals surface area contributed by atoms with Crippen LogP contribution in [0, 0.1) is 5.92 Å². The third kappa shape index (κ3) is 5.46. The maximum absolute atomic E-state index is 12.1. The summed E-state index contributed by atoms with van der Waals surface area (Å²) in [6.07, 6.45) is -0.240. The fourth-order valence-corrected chi connectivity index (χ4v) is 3.87. The Bertz CT molecular complexity index is 459. The summed E-state index contributed by atoms with van der Waals surface area (Å²) in [5.74, 6) is -2.25. The molecule has 0 aliphatic carbocycles. The minimum Gasteiger partial charge on any atom is -0.481 e. The van der Waals surface area contributed by atoms with Crippen LogP contribution in [-0.4, -0.2) is 67.6 Å². The molecule has 0 radical (unpaired) electrons. The molecular weight excluding hydrogens is 286 g/mol. The van der Waals surface area contributed by atoms with Gasteiger partial charge in [-0.2, -0.15) is 0 Å². The average Bonchev–Trinajstić information content (AvgIpc) is 2.25. The Hall–Kier alpha value is -1.15. The second-order valence-corrected chi connectivity index (χ2v) is 7.47. The van der Waals surface area contributed by atoms with Crippen molar-refractivity contribution in [2.75, 3.05) is 31.3 Å². The van der Waals surface area contributed by atoms with E-state index in [2.05, 4.69) is 0 Å². The number of carboxylic acids is 1. The van der Waals surface area contributed by atoms with Crippen molar-refractivity contribution in [2.45, 2.75) is 26.3 Å². The van der Waals surface area contributed by atoms with E-state index >= 15 is 0 Å². The Labute approximate surface area is 118 Å². The van der Waals surface area contributed by atoms with Crippen LogP contribution in [0.15, 0.2) is 0 Å². The maximum Gasteiger partial charge on any atom is 0.305 e. The predicted octanol–water partition coefficient (Wildman–Crippen LogP) is -0.241. The van der Waals surface area contributed by atoms with Gasteiger partial charge in [0.15, 0.2) is 9.84 Å². The lowest BCUT2D eigenvalue weighted by molar-refractivity contribution is -0.144. The average molecular weight is 307 g/mol. The van der Waals surface area contributed by atoms with Crippen LogP contribution in [0.3, 0.4) is 0 Å². The van der Waals surface area contributed by atoms with E-state index in [1.807, 2.05) is 0 Å². The van der Waals surface area contributed by atoms with Gasteiger partial charge >= 0.3 is 5.97 Å². The van der Waals surface area contributed by atoms with Gasteiger partial charge in [-0.1, -0.05) is 13.8 Å². The Morgan fingerprint density at radius 3 is 2.60 bits per heavy atom. The smallest absolute Gasteiger partial charge is 0.305 e. The summed E-state index contributed by atoms with van der Waals surface area (Å²) in [5.41, 5.74) is 0. The Morgan fingerprint density at radius 2 is 2.05 bits per heavy atom. The first-order chi connectivity index (χ1) is 9.21. The minimum atomic E-state index is -3.46. The van der Waals surface area contributed by atoms with Crippen molar-refractivity contribution in [1.82, 2.24) is 4.90 Å². The van der Waals surface area contributed by atoms with Gasteiger partial charge in [-0.25, -0.2) is 8.42 Å². The highest BCUT2D eigenvalue weighted by molar-refractivity contribution is 7.92. The summed E-state index contributed by atoms with van der Waals surface area (Å²) >= 11 is 0. The van der Waals surface area contributed by atoms with E-state index in [0.29, 0.717) is 6.61 Å². The Morgan fingerprint density at radius 1 is 1.40 bits per heavy atom. The molecule has 1 aliphatic heterocycles. The van der Waals surface area contributed by atoms with E-state index in [0.717, 1.165) is 0 Å². The molecular formula is C12H21NO6S. The lowest BCUT2D eigenvalue weighted by atomic mass is 10.1. The molecule has 1 unspecified atom stereocenters. The molecule has 116 valence electrons. The topological polar surface area (TPSA) is 101 Å². The van der Waals surface area contributed by atoms with Crippen LogP contribution < -0.4 is 0 Å². The molecule has 1 fully saturated rings. The number of carbonyl (C=O) groups excluding carboxylic acids is 1. The number of rotatable bonds is 6. The van der Waals surface area contributed by atoms with Crippen molar-refractivity contribution >= 4 is 21.7 Å². The predicted molar refractivity (Wildman–Crippen MR) is 72.1 cm³/mol. The van der Waals surface area contributed by atoms with E-state index in [9.17, 15) is 18.0 Å². The molecule has 0 aromatic heterocycles. The quantitative estimate of drug-likeness (QED) is 0.727. The van der Waals surface area contributed by atoms with Crippen LogP contribution >= 0.6 is 0 Å². The molecule has 1 atom stereocenters. The van der Waals surface area contributed by atoms with Crippen LogP contribution in [0.1, 0.15) is 20.3 Å². The molecule has 1 amide bonds. The van der Waals surface area contributed by atoms with Crippen molar-refractivity contribution in [3.05, 3.63) is 0 Å². The molecule has 1 N–H and O–H groups in total. The second kappa shape index (κ2) is 7.03. The number of carboxylic acid groups (broad SMARTS) is 1. The largest absolute Gasteiger partial charge is 0.481 e. The number of carbonyl (C=O) groups is 2. The first-order valence-electron chi connectivity index (χ1n) is 6.50. The van der Waals surface area contributed by atoms with E-state index in [4.69, 9.17) is 9.84 Å². The van der Waals surface area contributed by atoms with Crippen molar-refractivity contribution in [2.24, 2.45) is 5.92 Å². The molecule has 0 spiro atoms. The monoisotopic (exact) mass is 307 g/mol. The Kier molecular flexibility index (Phi) is 5.94. The highest BCUT2D eigenvalue weighted by Gasteiger charge is 2.31. The standard InChI is InChI=1S/C12H21NO6S/c1-9(2)7-20(17,18)8-11(14)13-3-4-19-6-10(13)5-12(15)16/h9-10H,3-8H2,1-2H3,(H,15,16). The number of nitrogens with zero attached hydrogens (tertiary/aromatic N) is 1. The third-order valence-electron chi connectivity index (χ3n) is 2.89. The van der Waals surface area contributed by atoms with E-state index in [1.165, 1.54) is 4.90 Å². The number of aliphatic carboxylic acids is 1. The molecule has 1 rings (SSSR count). The number of amides is 1. The minimum absolute atomic E-state index is 0.0488. The lowest BCUT2D eigenvalue weighted by Gasteiger charge is -2.34. The maximum atomic E-state index is 12.1. The van der Waals surface area contributed by atoms with Gasteiger partial charge in [-0.3, -0.25) is 9.59 Å². The summed E-state index contributed by atoms with van der Waals surface area (Å²) < 4.78 is 28.8. The zero-order valence-corrected chi connectivity index (χ0v) is 12.6. The fourth-order valence-electron chi connectivity index (χ4n) is 2.19. The molecule has 1 heterocycles. The van der Waals surface area contributed by atoms with Crippen LogP contribution in [-0.2, 0) is 24.2 Å². The number of morpholine rings is 1. The van der Waals surface area contributed by atoms with Crippen LogP contribution in [0.25, 0.3) is 0 Å². The number of ether oxygens (including phenoxy) is 1. The fraction of sp³-hybridized carbons (Fsp3) is 0.833. The molecule has 1 aliphatic rings. The zero-order chi connectivity index (χ0) is 15.3. The third-order valence-corrected chi connectivity index (χ3v) is 4.75. The first-order valence-corrected chi connectivity index (χ1v) is 8.33. The molecule has 1 saturated heterocycles. The van der Waals surface area contributed by atoms with Crippen LogP contribution in [0.2, 0.25) is 0 Å². The molecule has 0 aromatic rings. The van der Waals surface area contributed by atoms with Gasteiger partial charge in [0.25, 0.3) is 0 Å². The molecule has 0 aromatic carbocycles. The van der Waals surface area contributed by atoms with E-state index in [1.54, 1.807) is 13.8 Å². The summed E-state index contributed by atoms with van der Waals surface area (Å²) in [6, 6.07) is -0.594. The van der Waals surface area contributed by atoms with Crippen LogP contribution in [0.4, 0.5) is 0 Å². The first kappa shape index (κ1) is 16.9. The SMILES string of the molecule is CC(C)CS(=O)(=O)CC(=O)N1CCOCC1CC(=O)O. The molecule has 0 bridgehead atoms. The summed E-state index contributed by atoms with van der Waals surface area (Å²) in [4.78, 5) is 24.2. The Balaban J connectivity index is 2.70. The highest BCUT2D eigenvalue weighted by Crippen LogP contribution is 2.12. The number of hydrogen-bond donors (Lipinski definition) is 1. The van der Waals surface area contributed by atoms with Gasteiger partial charge in [-0.15, -0.1) is 0 Å². The van der Waals surface area contributed by atoms with Gasteiger partial charge in [0.1, 0.15) is 5.75 Å². The number of sulfone groups is 1. The van der Waals surface area contributed by atoms with E-state index in [-0.39, 0.29) is 31.2 Å². The molecule has 20 heavy (non-hydrogen) atoms. The molecule has 0 saturated carbocycles. The molecule has 7 nitrogen and oxygen atoms in total. The van der Waals surface area contributed by atoms with Crippen LogP contribution in [0.5, 0.6) is 0 Å². The second-order valence-electron chi connectivity index (χ2n) is 5.36. The van der Waals surface area contributed by atoms with Gasteiger partial charge in [0.05, 0.1) is 31.4 Å². The normalized spacial score (nSPS) is 20.1. The highest BCUT2D eigenvalue weighted by atomic mass is 32.2. The lowest BCUT2D eigenvalue weighted by Crippen LogP contribution is -2.51. The van der Waals surface area contributed by atoms with Gasteiger partial charge in [-0.05, 0) is 5.92 Å². The van der Waals surface area contributed by atoms with Gasteiger partial charge in [0, 0.05) is 6.54 Å². The number of hydrogen-bond acceptors (Lipinski definition) is 5. The van der Waals surface area contributed by atoms with Crippen molar-refractivity contribution in [3.63, 3.8) is 0 Å². The van der Waals surface area contributed by atoms with E-state index < -0.39 is 33.5 Å². The van der Waals surface area contributed by atoms with Gasteiger partial charge < -0.3 is 14.7 Å².